The van der Waals surface area contributed by atoms with Gasteiger partial charge in [0.1, 0.15) is 11.6 Å². The third-order valence-electron chi connectivity index (χ3n) is 4.19. The van der Waals surface area contributed by atoms with Crippen molar-refractivity contribution in [3.63, 3.8) is 0 Å². The average molecular weight is 292 g/mol. The summed E-state index contributed by atoms with van der Waals surface area (Å²) in [6.45, 7) is 0. The Morgan fingerprint density at radius 1 is 1.29 bits per heavy atom. The molecule has 0 saturated heterocycles. The van der Waals surface area contributed by atoms with Crippen molar-refractivity contribution < 1.29 is 13.5 Å². The molecule has 1 aromatic carbocycles. The van der Waals surface area contributed by atoms with Crippen molar-refractivity contribution >= 4 is 0 Å². The van der Waals surface area contributed by atoms with Gasteiger partial charge in [-0.15, -0.1) is 0 Å². The van der Waals surface area contributed by atoms with Crippen molar-refractivity contribution in [3.05, 3.63) is 29.8 Å². The number of ether oxygens (including phenoxy) is 1. The predicted octanol–water partition coefficient (Wildman–Crippen LogP) is 3.30. The summed E-state index contributed by atoms with van der Waals surface area (Å²) in [5, 5.41) is 12.9. The number of halogens is 2. The average Bonchev–Trinajstić information content (AvgIpc) is 3.28. The van der Waals surface area contributed by atoms with Gasteiger partial charge in [-0.05, 0) is 44.2 Å². The van der Waals surface area contributed by atoms with E-state index in [1.54, 1.807) is 0 Å². The molecule has 0 amide bonds. The zero-order valence-electron chi connectivity index (χ0n) is 11.7. The Labute approximate surface area is 122 Å². The van der Waals surface area contributed by atoms with E-state index >= 15 is 0 Å². The maximum Gasteiger partial charge on any atom is 0.200 e. The largest absolute Gasteiger partial charge is 0.487 e. The summed E-state index contributed by atoms with van der Waals surface area (Å²) in [5.41, 5.74) is -0.589. The van der Waals surface area contributed by atoms with E-state index in [4.69, 9.17) is 4.74 Å². The molecule has 2 unspecified atom stereocenters. The maximum absolute atomic E-state index is 13.7. The van der Waals surface area contributed by atoms with Gasteiger partial charge in [0, 0.05) is 12.5 Å². The summed E-state index contributed by atoms with van der Waals surface area (Å²) in [6.07, 6.45) is 4.84. The highest BCUT2D eigenvalue weighted by Gasteiger charge is 2.41. The molecule has 2 aliphatic carbocycles. The van der Waals surface area contributed by atoms with E-state index in [9.17, 15) is 14.0 Å². The van der Waals surface area contributed by atoms with Crippen LogP contribution in [0.3, 0.4) is 0 Å². The molecule has 0 bridgehead atoms. The minimum atomic E-state index is -0.958. The number of nitriles is 1. The van der Waals surface area contributed by atoms with Gasteiger partial charge >= 0.3 is 0 Å². The summed E-state index contributed by atoms with van der Waals surface area (Å²) in [6, 6.07) is 6.72. The van der Waals surface area contributed by atoms with Crippen LogP contribution in [0.25, 0.3) is 0 Å². The van der Waals surface area contributed by atoms with E-state index in [1.165, 1.54) is 12.1 Å². The molecule has 21 heavy (non-hydrogen) atoms. The fourth-order valence-corrected chi connectivity index (χ4v) is 2.96. The highest BCUT2D eigenvalue weighted by Crippen LogP contribution is 2.34. The molecule has 5 heteroatoms. The van der Waals surface area contributed by atoms with Gasteiger partial charge in [0.15, 0.2) is 11.6 Å². The first-order valence-electron chi connectivity index (χ1n) is 7.41. The number of rotatable bonds is 4. The standard InChI is InChI=1S/C16H18F2N2O/c17-13-4-1-5-14(15(13)18)21-12-3-2-8-16(9-12,10-19)20-11-6-7-11/h1,4-5,11-12,20H,2-3,6-9H2. The van der Waals surface area contributed by atoms with Gasteiger partial charge in [0.25, 0.3) is 0 Å². The smallest absolute Gasteiger partial charge is 0.200 e. The Bertz CT molecular complexity index is 568. The van der Waals surface area contributed by atoms with Crippen LogP contribution in [0, 0.1) is 23.0 Å². The van der Waals surface area contributed by atoms with E-state index in [0.717, 1.165) is 38.2 Å². The first kappa shape index (κ1) is 14.3. The molecular weight excluding hydrogens is 274 g/mol. The molecule has 0 heterocycles. The lowest BCUT2D eigenvalue weighted by Crippen LogP contribution is -2.50. The molecule has 3 rings (SSSR count). The number of hydrogen-bond acceptors (Lipinski definition) is 3. The van der Waals surface area contributed by atoms with Crippen LogP contribution in [0.1, 0.15) is 38.5 Å². The van der Waals surface area contributed by atoms with Gasteiger partial charge in [-0.3, -0.25) is 5.32 Å². The summed E-state index contributed by atoms with van der Waals surface area (Å²) in [7, 11) is 0. The highest BCUT2D eigenvalue weighted by molar-refractivity contribution is 5.26. The lowest BCUT2D eigenvalue weighted by atomic mass is 9.81. The topological polar surface area (TPSA) is 45.0 Å². The molecule has 0 spiro atoms. The van der Waals surface area contributed by atoms with Crippen LogP contribution in [-0.2, 0) is 0 Å². The van der Waals surface area contributed by atoms with Crippen LogP contribution in [0.2, 0.25) is 0 Å². The Morgan fingerprint density at radius 2 is 2.10 bits per heavy atom. The number of nitrogens with one attached hydrogen (secondary N) is 1. The van der Waals surface area contributed by atoms with Crippen molar-refractivity contribution in [3.8, 4) is 11.8 Å². The zero-order valence-corrected chi connectivity index (χ0v) is 11.7. The second-order valence-corrected chi connectivity index (χ2v) is 6.00. The Kier molecular flexibility index (Phi) is 3.81. The zero-order chi connectivity index (χ0) is 14.9. The minimum Gasteiger partial charge on any atom is -0.487 e. The van der Waals surface area contributed by atoms with Crippen molar-refractivity contribution in [1.82, 2.24) is 5.32 Å². The molecule has 2 saturated carbocycles. The van der Waals surface area contributed by atoms with Crippen LogP contribution in [0.4, 0.5) is 8.78 Å². The van der Waals surface area contributed by atoms with E-state index in [2.05, 4.69) is 11.4 Å². The molecule has 1 N–H and O–H groups in total. The number of nitrogens with zero attached hydrogens (tertiary/aromatic N) is 1. The molecule has 112 valence electrons. The first-order chi connectivity index (χ1) is 10.1. The third-order valence-corrected chi connectivity index (χ3v) is 4.19. The van der Waals surface area contributed by atoms with Crippen LogP contribution >= 0.6 is 0 Å². The monoisotopic (exact) mass is 292 g/mol. The molecule has 2 atom stereocenters. The molecule has 0 aromatic heterocycles. The Morgan fingerprint density at radius 3 is 2.81 bits per heavy atom. The molecule has 2 fully saturated rings. The number of hydrogen-bond donors (Lipinski definition) is 1. The fourth-order valence-electron chi connectivity index (χ4n) is 2.96. The van der Waals surface area contributed by atoms with Gasteiger partial charge in [0.05, 0.1) is 6.07 Å². The second kappa shape index (κ2) is 5.61. The molecule has 3 nitrogen and oxygen atoms in total. The Balaban J connectivity index is 1.71. The molecule has 1 aromatic rings. The summed E-state index contributed by atoms with van der Waals surface area (Å²) < 4.78 is 32.5. The van der Waals surface area contributed by atoms with E-state index in [-0.39, 0.29) is 11.9 Å². The van der Waals surface area contributed by atoms with Gasteiger partial charge in [-0.2, -0.15) is 9.65 Å². The van der Waals surface area contributed by atoms with Crippen LogP contribution in [-0.4, -0.2) is 17.7 Å². The quantitative estimate of drug-likeness (QED) is 0.926. The molecule has 0 radical (unpaired) electrons. The number of benzene rings is 1. The highest BCUT2D eigenvalue weighted by atomic mass is 19.2. The van der Waals surface area contributed by atoms with Crippen molar-refractivity contribution in [2.24, 2.45) is 0 Å². The van der Waals surface area contributed by atoms with Crippen molar-refractivity contribution in [1.29, 1.82) is 5.26 Å². The summed E-state index contributed by atoms with van der Waals surface area (Å²) >= 11 is 0. The molecular formula is C16H18F2N2O. The predicted molar refractivity (Wildman–Crippen MR) is 73.7 cm³/mol. The SMILES string of the molecule is N#CC1(NC2CC2)CCCC(Oc2cccc(F)c2F)C1. The maximum atomic E-state index is 13.7. The fraction of sp³-hybridized carbons (Fsp3) is 0.562. The van der Waals surface area contributed by atoms with Crippen LogP contribution in [0.5, 0.6) is 5.75 Å². The molecule has 0 aliphatic heterocycles. The van der Waals surface area contributed by atoms with Crippen molar-refractivity contribution in [2.75, 3.05) is 0 Å². The lowest BCUT2D eigenvalue weighted by molar-refractivity contribution is 0.107. The molecule has 2 aliphatic rings. The minimum absolute atomic E-state index is 0.0693. The van der Waals surface area contributed by atoms with E-state index in [0.29, 0.717) is 12.5 Å². The van der Waals surface area contributed by atoms with E-state index in [1.807, 2.05) is 0 Å². The summed E-state index contributed by atoms with van der Waals surface area (Å²) in [4.78, 5) is 0. The van der Waals surface area contributed by atoms with Gasteiger partial charge < -0.3 is 4.74 Å². The Hall–Kier alpha value is -1.67. The van der Waals surface area contributed by atoms with E-state index < -0.39 is 17.2 Å². The lowest BCUT2D eigenvalue weighted by Gasteiger charge is -2.36. The normalized spacial score (nSPS) is 28.9. The second-order valence-electron chi connectivity index (χ2n) is 6.00. The van der Waals surface area contributed by atoms with Gasteiger partial charge in [-0.25, -0.2) is 4.39 Å². The van der Waals surface area contributed by atoms with Crippen LogP contribution < -0.4 is 10.1 Å². The van der Waals surface area contributed by atoms with Gasteiger partial charge in [0.2, 0.25) is 5.82 Å². The first-order valence-corrected chi connectivity index (χ1v) is 7.41. The van der Waals surface area contributed by atoms with Crippen LogP contribution in [0.15, 0.2) is 18.2 Å². The third kappa shape index (κ3) is 3.16. The van der Waals surface area contributed by atoms with Gasteiger partial charge in [-0.1, -0.05) is 6.07 Å². The van der Waals surface area contributed by atoms with Crippen molar-refractivity contribution in [2.45, 2.75) is 56.2 Å². The summed E-state index contributed by atoms with van der Waals surface area (Å²) in [5.74, 6) is -1.94.